The molecule has 0 N–H and O–H groups in total. The number of esters is 1. The van der Waals surface area contributed by atoms with Crippen molar-refractivity contribution in [3.05, 3.63) is 80.0 Å². The first-order valence-corrected chi connectivity index (χ1v) is 13.9. The van der Waals surface area contributed by atoms with Gasteiger partial charge in [0.1, 0.15) is 5.75 Å². The predicted octanol–water partition coefficient (Wildman–Crippen LogP) is 6.86. The number of aryl methyl sites for hydroxylation is 1. The van der Waals surface area contributed by atoms with Crippen LogP contribution >= 0.6 is 15.9 Å². The number of hydrogen-bond donors (Lipinski definition) is 0. The zero-order valence-electron chi connectivity index (χ0n) is 23.4. The van der Waals surface area contributed by atoms with Gasteiger partial charge in [-0.3, -0.25) is 9.59 Å². The van der Waals surface area contributed by atoms with Crippen molar-refractivity contribution in [3.63, 3.8) is 0 Å². The lowest BCUT2D eigenvalue weighted by molar-refractivity contribution is -0.132. The highest BCUT2D eigenvalue weighted by atomic mass is 79.9. The molecule has 208 valence electrons. The maximum Gasteiger partial charge on any atom is 0.308 e. The summed E-state index contributed by atoms with van der Waals surface area (Å²) in [5.41, 5.74) is 3.62. The Morgan fingerprint density at radius 1 is 1.05 bits per heavy atom. The molecule has 3 aromatic carbocycles. The summed E-state index contributed by atoms with van der Waals surface area (Å²) in [4.78, 5) is 30.2. The van der Waals surface area contributed by atoms with Crippen LogP contribution in [0.5, 0.6) is 17.2 Å². The monoisotopic (exact) mass is 605 g/mol. The van der Waals surface area contributed by atoms with E-state index in [-0.39, 0.29) is 17.2 Å². The Morgan fingerprint density at radius 2 is 1.75 bits per heavy atom. The van der Waals surface area contributed by atoms with Crippen LogP contribution in [-0.2, 0) is 4.79 Å². The lowest BCUT2D eigenvalue weighted by Crippen LogP contribution is -2.21. The lowest BCUT2D eigenvalue weighted by Gasteiger charge is -2.18. The average Bonchev–Trinajstić information content (AvgIpc) is 2.90. The summed E-state index contributed by atoms with van der Waals surface area (Å²) in [5, 5.41) is 5.08. The van der Waals surface area contributed by atoms with E-state index in [0.29, 0.717) is 45.7 Å². The van der Waals surface area contributed by atoms with Gasteiger partial charge in [0.15, 0.2) is 17.3 Å². The summed E-state index contributed by atoms with van der Waals surface area (Å²) in [6.45, 7) is 12.2. The second-order valence-electron chi connectivity index (χ2n) is 9.45. The second-order valence-corrected chi connectivity index (χ2v) is 10.3. The maximum absolute atomic E-state index is 13.8. The summed E-state index contributed by atoms with van der Waals surface area (Å²) in [5.74, 6) is 1.63. The molecule has 9 heteroatoms. The third kappa shape index (κ3) is 6.09. The van der Waals surface area contributed by atoms with Crippen LogP contribution in [0.3, 0.4) is 0 Å². The maximum atomic E-state index is 13.8. The third-order valence-corrected chi connectivity index (χ3v) is 6.89. The average molecular weight is 607 g/mol. The normalized spacial score (nSPS) is 11.4. The van der Waals surface area contributed by atoms with E-state index in [4.69, 9.17) is 19.2 Å². The van der Waals surface area contributed by atoms with Gasteiger partial charge in [0, 0.05) is 22.5 Å². The highest BCUT2D eigenvalue weighted by molar-refractivity contribution is 9.10. The number of carbonyl (C=O) groups is 1. The number of rotatable bonds is 9. The molecule has 0 atom stereocenters. The zero-order chi connectivity index (χ0) is 29.0. The first-order chi connectivity index (χ1) is 19.1. The quantitative estimate of drug-likeness (QED) is 0.117. The highest BCUT2D eigenvalue weighted by Crippen LogP contribution is 2.35. The second kappa shape index (κ2) is 12.5. The molecule has 0 bridgehead atoms. The number of aromatic nitrogens is 2. The molecule has 0 aliphatic rings. The van der Waals surface area contributed by atoms with E-state index in [1.165, 1.54) is 11.6 Å². The Bertz CT molecular complexity index is 1660. The Balaban J connectivity index is 1.94. The van der Waals surface area contributed by atoms with Gasteiger partial charge in [0.05, 0.1) is 30.3 Å². The molecule has 0 aliphatic carbocycles. The van der Waals surface area contributed by atoms with Crippen molar-refractivity contribution in [1.29, 1.82) is 0 Å². The molecule has 0 saturated carbocycles. The highest BCUT2D eigenvalue weighted by Gasteiger charge is 2.19. The van der Waals surface area contributed by atoms with E-state index in [1.807, 2.05) is 45.0 Å². The standard InChI is InChI=1S/C31H32BrN3O5/c1-7-38-27-13-19(5)24(15-23(27)18(3)4)30-34-26-12-10-9-11-22(26)31(37)35(30)33-17-21-14-28(39-8-2)29(16-25(21)32)40-20(6)36/h9-18H,7-8H2,1-6H3. The predicted molar refractivity (Wildman–Crippen MR) is 161 cm³/mol. The van der Waals surface area contributed by atoms with Crippen molar-refractivity contribution < 1.29 is 19.0 Å². The summed E-state index contributed by atoms with van der Waals surface area (Å²) in [6.07, 6.45) is 1.55. The molecule has 0 radical (unpaired) electrons. The molecule has 1 aromatic heterocycles. The number of fused-ring (bicyclic) bond motifs is 1. The van der Waals surface area contributed by atoms with Crippen LogP contribution in [0.25, 0.3) is 22.3 Å². The molecule has 0 saturated heterocycles. The fourth-order valence-corrected chi connectivity index (χ4v) is 4.77. The molecule has 4 rings (SSSR count). The van der Waals surface area contributed by atoms with Gasteiger partial charge in [-0.2, -0.15) is 9.78 Å². The SMILES string of the molecule is CCOc1cc(C=Nn2c(-c3cc(C(C)C)c(OCC)cc3C)nc3ccccc3c2=O)c(Br)cc1OC(C)=O. The molecule has 1 heterocycles. The van der Waals surface area contributed by atoms with Crippen molar-refractivity contribution in [2.45, 2.75) is 47.5 Å². The fourth-order valence-electron chi connectivity index (χ4n) is 4.35. The number of hydrogen-bond acceptors (Lipinski definition) is 7. The summed E-state index contributed by atoms with van der Waals surface area (Å²) >= 11 is 3.52. The smallest absolute Gasteiger partial charge is 0.308 e. The molecule has 4 aromatic rings. The number of carbonyl (C=O) groups excluding carboxylic acids is 1. The molecule has 0 unspecified atom stereocenters. The minimum absolute atomic E-state index is 0.189. The Morgan fingerprint density at radius 3 is 2.42 bits per heavy atom. The topological polar surface area (TPSA) is 92.0 Å². The number of para-hydroxylation sites is 1. The minimum atomic E-state index is -0.459. The van der Waals surface area contributed by atoms with Crippen LogP contribution < -0.4 is 19.8 Å². The molecule has 0 aliphatic heterocycles. The summed E-state index contributed by atoms with van der Waals surface area (Å²) < 4.78 is 18.8. The number of nitrogens with zero attached hydrogens (tertiary/aromatic N) is 3. The molecular weight excluding hydrogens is 574 g/mol. The summed E-state index contributed by atoms with van der Waals surface area (Å²) in [6, 6.07) is 14.6. The van der Waals surface area contributed by atoms with Crippen molar-refractivity contribution in [2.24, 2.45) is 5.10 Å². The van der Waals surface area contributed by atoms with Crippen LogP contribution in [0.15, 0.2) is 62.9 Å². The van der Waals surface area contributed by atoms with Crippen LogP contribution in [-0.4, -0.2) is 35.1 Å². The Hall–Kier alpha value is -3.98. The molecular formula is C31H32BrN3O5. The van der Waals surface area contributed by atoms with E-state index in [0.717, 1.165) is 22.4 Å². The van der Waals surface area contributed by atoms with Crippen LogP contribution in [0.4, 0.5) is 0 Å². The van der Waals surface area contributed by atoms with E-state index in [9.17, 15) is 9.59 Å². The zero-order valence-corrected chi connectivity index (χ0v) is 25.0. The van der Waals surface area contributed by atoms with E-state index >= 15 is 0 Å². The van der Waals surface area contributed by atoms with E-state index in [2.05, 4.69) is 34.9 Å². The van der Waals surface area contributed by atoms with Crippen LogP contribution in [0.1, 0.15) is 57.2 Å². The molecule has 0 fully saturated rings. The minimum Gasteiger partial charge on any atom is -0.494 e. The molecule has 40 heavy (non-hydrogen) atoms. The molecule has 0 spiro atoms. The number of benzene rings is 3. The molecule has 8 nitrogen and oxygen atoms in total. The van der Waals surface area contributed by atoms with Crippen molar-refractivity contribution in [2.75, 3.05) is 13.2 Å². The van der Waals surface area contributed by atoms with Gasteiger partial charge in [-0.25, -0.2) is 4.98 Å². The summed E-state index contributed by atoms with van der Waals surface area (Å²) in [7, 11) is 0. The fraction of sp³-hybridized carbons (Fsp3) is 0.290. The van der Waals surface area contributed by atoms with Crippen molar-refractivity contribution in [1.82, 2.24) is 9.66 Å². The van der Waals surface area contributed by atoms with Gasteiger partial charge in [-0.1, -0.05) is 26.0 Å². The Labute approximate surface area is 241 Å². The van der Waals surface area contributed by atoms with Gasteiger partial charge in [-0.05, 0) is 90.1 Å². The largest absolute Gasteiger partial charge is 0.494 e. The van der Waals surface area contributed by atoms with Gasteiger partial charge >= 0.3 is 5.97 Å². The van der Waals surface area contributed by atoms with E-state index in [1.54, 1.807) is 30.5 Å². The first kappa shape index (κ1) is 29.0. The van der Waals surface area contributed by atoms with Gasteiger partial charge in [-0.15, -0.1) is 0 Å². The van der Waals surface area contributed by atoms with Crippen molar-refractivity contribution >= 4 is 39.0 Å². The third-order valence-electron chi connectivity index (χ3n) is 6.20. The van der Waals surface area contributed by atoms with Gasteiger partial charge in [0.25, 0.3) is 5.56 Å². The van der Waals surface area contributed by atoms with Gasteiger partial charge in [0.2, 0.25) is 0 Å². The van der Waals surface area contributed by atoms with E-state index < -0.39 is 5.97 Å². The van der Waals surface area contributed by atoms with Gasteiger partial charge < -0.3 is 14.2 Å². The Kier molecular flexibility index (Phi) is 9.04. The van der Waals surface area contributed by atoms with Crippen LogP contribution in [0, 0.1) is 6.92 Å². The van der Waals surface area contributed by atoms with Crippen LogP contribution in [0.2, 0.25) is 0 Å². The molecule has 0 amide bonds. The number of ether oxygens (including phenoxy) is 3. The van der Waals surface area contributed by atoms with Crippen molar-refractivity contribution in [3.8, 4) is 28.6 Å². The lowest BCUT2D eigenvalue weighted by atomic mass is 9.96. The first-order valence-electron chi connectivity index (χ1n) is 13.1. The number of halogens is 1.